The van der Waals surface area contributed by atoms with Crippen molar-refractivity contribution in [1.29, 1.82) is 0 Å². The number of hydrogen-bond donors (Lipinski definition) is 1. The molecular weight excluding hydrogens is 318 g/mol. The maximum atomic E-state index is 12.1. The van der Waals surface area contributed by atoms with Crippen LogP contribution >= 0.6 is 0 Å². The van der Waals surface area contributed by atoms with Crippen molar-refractivity contribution in [2.24, 2.45) is 0 Å². The van der Waals surface area contributed by atoms with Gasteiger partial charge in [0.15, 0.2) is 0 Å². The maximum absolute atomic E-state index is 12.1. The number of likely N-dealkylation sites (N-methyl/N-ethyl adjacent to an activating group) is 1. The van der Waals surface area contributed by atoms with Crippen LogP contribution < -0.4 is 0 Å². The zero-order valence-corrected chi connectivity index (χ0v) is 15.4. The smallest absolute Gasteiger partial charge is 0.410 e. The number of carboxylic acid groups (broad SMARTS) is 1. The lowest BCUT2D eigenvalue weighted by Gasteiger charge is -2.24. The van der Waals surface area contributed by atoms with Gasteiger partial charge >= 0.3 is 12.1 Å². The summed E-state index contributed by atoms with van der Waals surface area (Å²) >= 11 is 0. The highest BCUT2D eigenvalue weighted by atomic mass is 16.6. The molecule has 1 aromatic rings. The molecule has 0 aromatic heterocycles. The number of nitrogens with zero attached hydrogens (tertiary/aromatic N) is 1. The largest absolute Gasteiger partial charge is 0.480 e. The summed E-state index contributed by atoms with van der Waals surface area (Å²) in [5.41, 5.74) is 0.878. The molecule has 1 N–H and O–H groups in total. The van der Waals surface area contributed by atoms with Crippen LogP contribution in [-0.2, 0) is 16.1 Å². The Hall–Kier alpha value is -2.04. The van der Waals surface area contributed by atoms with Gasteiger partial charge in [0.2, 0.25) is 0 Å². The van der Waals surface area contributed by atoms with Gasteiger partial charge in [0, 0.05) is 7.05 Å². The van der Waals surface area contributed by atoms with Crippen LogP contribution in [0.3, 0.4) is 0 Å². The Labute approximate surface area is 151 Å². The molecule has 0 saturated carbocycles. The Kier molecular flexibility index (Phi) is 10.4. The van der Waals surface area contributed by atoms with E-state index < -0.39 is 18.1 Å². The molecular formula is C20H31NO4. The van der Waals surface area contributed by atoms with Crippen LogP contribution in [0.2, 0.25) is 0 Å². The van der Waals surface area contributed by atoms with Crippen LogP contribution in [-0.4, -0.2) is 35.2 Å². The summed E-state index contributed by atoms with van der Waals surface area (Å²) in [6.07, 6.45) is 7.70. The molecule has 1 amide bonds. The fourth-order valence-corrected chi connectivity index (χ4v) is 2.73. The van der Waals surface area contributed by atoms with Crippen molar-refractivity contribution in [3.63, 3.8) is 0 Å². The highest BCUT2D eigenvalue weighted by molar-refractivity contribution is 5.79. The lowest BCUT2D eigenvalue weighted by atomic mass is 10.0. The second kappa shape index (κ2) is 12.3. The van der Waals surface area contributed by atoms with E-state index in [1.165, 1.54) is 37.6 Å². The third kappa shape index (κ3) is 8.57. The molecule has 0 aliphatic carbocycles. The Morgan fingerprint density at radius 2 is 1.64 bits per heavy atom. The Bertz CT molecular complexity index is 504. The number of benzene rings is 1. The Balaban J connectivity index is 2.35. The summed E-state index contributed by atoms with van der Waals surface area (Å²) in [4.78, 5) is 24.8. The number of amides is 1. The molecule has 5 heteroatoms. The normalized spacial score (nSPS) is 11.8. The Morgan fingerprint density at radius 3 is 2.24 bits per heavy atom. The molecule has 140 valence electrons. The van der Waals surface area contributed by atoms with Crippen molar-refractivity contribution < 1.29 is 19.4 Å². The predicted octanol–water partition coefficient (Wildman–Crippen LogP) is 4.85. The van der Waals surface area contributed by atoms with Gasteiger partial charge in [-0.1, -0.05) is 82.2 Å². The van der Waals surface area contributed by atoms with E-state index in [1.807, 2.05) is 30.3 Å². The van der Waals surface area contributed by atoms with Crippen molar-refractivity contribution in [3.05, 3.63) is 35.9 Å². The van der Waals surface area contributed by atoms with Gasteiger partial charge in [-0.05, 0) is 12.0 Å². The first-order valence-corrected chi connectivity index (χ1v) is 9.22. The number of carbonyl (C=O) groups is 2. The molecule has 1 atom stereocenters. The molecule has 0 saturated heterocycles. The van der Waals surface area contributed by atoms with Gasteiger partial charge in [-0.2, -0.15) is 0 Å². The van der Waals surface area contributed by atoms with Crippen molar-refractivity contribution in [2.45, 2.75) is 70.9 Å². The average molecular weight is 349 g/mol. The van der Waals surface area contributed by atoms with Crippen LogP contribution in [0.4, 0.5) is 4.79 Å². The quantitative estimate of drug-likeness (QED) is 0.548. The van der Waals surface area contributed by atoms with Crippen LogP contribution in [0.5, 0.6) is 0 Å². The number of hydrogen-bond acceptors (Lipinski definition) is 3. The average Bonchev–Trinajstić information content (AvgIpc) is 2.62. The molecule has 5 nitrogen and oxygen atoms in total. The van der Waals surface area contributed by atoms with E-state index in [-0.39, 0.29) is 6.61 Å². The first-order chi connectivity index (χ1) is 12.1. The van der Waals surface area contributed by atoms with Gasteiger partial charge in [0.05, 0.1) is 0 Å². The van der Waals surface area contributed by atoms with Crippen LogP contribution in [0.25, 0.3) is 0 Å². The topological polar surface area (TPSA) is 66.8 Å². The highest BCUT2D eigenvalue weighted by Crippen LogP contribution is 2.14. The molecule has 0 heterocycles. The maximum Gasteiger partial charge on any atom is 0.410 e. The monoisotopic (exact) mass is 349 g/mol. The summed E-state index contributed by atoms with van der Waals surface area (Å²) in [5.74, 6) is -0.981. The number of carboxylic acids is 1. The van der Waals surface area contributed by atoms with E-state index in [1.54, 1.807) is 0 Å². The van der Waals surface area contributed by atoms with Crippen molar-refractivity contribution in [3.8, 4) is 0 Å². The molecule has 0 aliphatic heterocycles. The third-order valence-corrected chi connectivity index (χ3v) is 4.33. The highest BCUT2D eigenvalue weighted by Gasteiger charge is 2.27. The van der Waals surface area contributed by atoms with Crippen LogP contribution in [0.15, 0.2) is 30.3 Å². The lowest BCUT2D eigenvalue weighted by Crippen LogP contribution is -2.42. The molecule has 0 bridgehead atoms. The van der Waals surface area contributed by atoms with E-state index in [4.69, 9.17) is 4.74 Å². The van der Waals surface area contributed by atoms with E-state index in [9.17, 15) is 14.7 Å². The summed E-state index contributed by atoms with van der Waals surface area (Å²) < 4.78 is 5.22. The SMILES string of the molecule is CCCCCCCCCC(C(=O)O)N(C)C(=O)OCc1ccccc1. The number of unbranched alkanes of at least 4 members (excludes halogenated alkanes) is 6. The van der Waals surface area contributed by atoms with Crippen LogP contribution in [0.1, 0.15) is 63.9 Å². The predicted molar refractivity (Wildman–Crippen MR) is 98.4 cm³/mol. The zero-order chi connectivity index (χ0) is 18.5. The fraction of sp³-hybridized carbons (Fsp3) is 0.600. The van der Waals surface area contributed by atoms with E-state index >= 15 is 0 Å². The minimum absolute atomic E-state index is 0.147. The first kappa shape index (κ1) is 21.0. The summed E-state index contributed by atoms with van der Waals surface area (Å²) in [7, 11) is 1.49. The molecule has 0 aliphatic rings. The standard InChI is InChI=1S/C20H31NO4/c1-3-4-5-6-7-8-12-15-18(19(22)23)21(2)20(24)25-16-17-13-10-9-11-14-17/h9-11,13-14,18H,3-8,12,15-16H2,1-2H3,(H,22,23). The second-order valence-electron chi connectivity index (χ2n) is 6.42. The van der Waals surface area contributed by atoms with Gasteiger partial charge in [0.25, 0.3) is 0 Å². The van der Waals surface area contributed by atoms with E-state index in [0.717, 1.165) is 24.8 Å². The summed E-state index contributed by atoms with van der Waals surface area (Å²) in [6.45, 7) is 2.33. The lowest BCUT2D eigenvalue weighted by molar-refractivity contribution is -0.142. The molecule has 0 spiro atoms. The third-order valence-electron chi connectivity index (χ3n) is 4.33. The van der Waals surface area contributed by atoms with Gasteiger partial charge in [-0.25, -0.2) is 9.59 Å². The van der Waals surface area contributed by atoms with Gasteiger partial charge in [-0.3, -0.25) is 4.90 Å². The molecule has 0 fully saturated rings. The molecule has 1 rings (SSSR count). The Morgan fingerprint density at radius 1 is 1.04 bits per heavy atom. The van der Waals surface area contributed by atoms with E-state index in [0.29, 0.717) is 6.42 Å². The van der Waals surface area contributed by atoms with E-state index in [2.05, 4.69) is 6.92 Å². The fourth-order valence-electron chi connectivity index (χ4n) is 2.73. The minimum atomic E-state index is -0.981. The van der Waals surface area contributed by atoms with Crippen LogP contribution in [0, 0.1) is 0 Å². The number of rotatable bonds is 12. The van der Waals surface area contributed by atoms with Crippen molar-refractivity contribution in [1.82, 2.24) is 4.90 Å². The van der Waals surface area contributed by atoms with Gasteiger partial charge < -0.3 is 9.84 Å². The van der Waals surface area contributed by atoms with Crippen molar-refractivity contribution in [2.75, 3.05) is 7.05 Å². The molecule has 25 heavy (non-hydrogen) atoms. The molecule has 1 unspecified atom stereocenters. The number of ether oxygens (including phenoxy) is 1. The molecule has 1 aromatic carbocycles. The van der Waals surface area contributed by atoms with Gasteiger partial charge in [0.1, 0.15) is 12.6 Å². The number of carbonyl (C=O) groups excluding carboxylic acids is 1. The minimum Gasteiger partial charge on any atom is -0.480 e. The summed E-state index contributed by atoms with van der Waals surface area (Å²) in [6, 6.07) is 8.51. The first-order valence-electron chi connectivity index (χ1n) is 9.22. The number of aliphatic carboxylic acids is 1. The van der Waals surface area contributed by atoms with Gasteiger partial charge in [-0.15, -0.1) is 0 Å². The van der Waals surface area contributed by atoms with Crippen molar-refractivity contribution >= 4 is 12.1 Å². The second-order valence-corrected chi connectivity index (χ2v) is 6.42. The summed E-state index contributed by atoms with van der Waals surface area (Å²) in [5, 5.41) is 9.40. The molecule has 0 radical (unpaired) electrons. The zero-order valence-electron chi connectivity index (χ0n) is 15.4.